The number of benzene rings is 3. The van der Waals surface area contributed by atoms with Gasteiger partial charge in [-0.25, -0.2) is 9.07 Å². The second kappa shape index (κ2) is 9.65. The second-order valence-corrected chi connectivity index (χ2v) is 8.82. The minimum atomic E-state index is -0.491. The van der Waals surface area contributed by atoms with Crippen molar-refractivity contribution in [3.63, 3.8) is 0 Å². The highest BCUT2D eigenvalue weighted by molar-refractivity contribution is 6.06. The molecule has 36 heavy (non-hydrogen) atoms. The number of halogens is 1. The Morgan fingerprint density at radius 1 is 1.08 bits per heavy atom. The summed E-state index contributed by atoms with van der Waals surface area (Å²) in [7, 11) is 0. The maximum absolute atomic E-state index is 13.9. The number of allylic oxidation sites excluding steroid dienone is 1. The molecule has 0 saturated heterocycles. The van der Waals surface area contributed by atoms with Crippen LogP contribution in [0.1, 0.15) is 35.2 Å². The summed E-state index contributed by atoms with van der Waals surface area (Å²) in [4.78, 5) is 17.8. The molecule has 0 fully saturated rings. The number of nitrogens with one attached hydrogen (secondary N) is 2. The van der Waals surface area contributed by atoms with Crippen molar-refractivity contribution in [1.29, 1.82) is 0 Å². The van der Waals surface area contributed by atoms with E-state index in [1.165, 1.54) is 12.4 Å². The SMILES string of the molecule is CC1=C(C(=O)Nc2ccc(C)cc2C)[C@H](c2ccc(OCc3ccccc3F)cc2)n2ncnc2N1. The number of ether oxygens (including phenoxy) is 1. The van der Waals surface area contributed by atoms with E-state index in [-0.39, 0.29) is 18.3 Å². The molecule has 1 amide bonds. The van der Waals surface area contributed by atoms with Crippen LogP contribution in [-0.4, -0.2) is 20.7 Å². The van der Waals surface area contributed by atoms with Gasteiger partial charge in [-0.3, -0.25) is 4.79 Å². The van der Waals surface area contributed by atoms with E-state index in [1.807, 2.05) is 63.2 Å². The molecular formula is C28H26FN5O2. The number of rotatable bonds is 6. The summed E-state index contributed by atoms with van der Waals surface area (Å²) >= 11 is 0. The number of amides is 1. The molecular weight excluding hydrogens is 457 g/mol. The van der Waals surface area contributed by atoms with Crippen LogP contribution in [-0.2, 0) is 11.4 Å². The van der Waals surface area contributed by atoms with E-state index in [2.05, 4.69) is 20.7 Å². The lowest BCUT2D eigenvalue weighted by Crippen LogP contribution is -2.31. The van der Waals surface area contributed by atoms with Gasteiger partial charge < -0.3 is 15.4 Å². The van der Waals surface area contributed by atoms with Crippen LogP contribution in [0.25, 0.3) is 0 Å². The van der Waals surface area contributed by atoms with E-state index in [0.717, 1.165) is 22.4 Å². The van der Waals surface area contributed by atoms with Crippen LogP contribution in [0.4, 0.5) is 16.0 Å². The highest BCUT2D eigenvalue weighted by Gasteiger charge is 2.33. The van der Waals surface area contributed by atoms with Gasteiger partial charge in [-0.1, -0.05) is 48.0 Å². The van der Waals surface area contributed by atoms with Crippen LogP contribution < -0.4 is 15.4 Å². The lowest BCUT2D eigenvalue weighted by molar-refractivity contribution is -0.113. The molecule has 182 valence electrons. The molecule has 1 aliphatic rings. The van der Waals surface area contributed by atoms with Crippen LogP contribution in [0.5, 0.6) is 5.75 Å². The van der Waals surface area contributed by atoms with Crippen molar-refractivity contribution >= 4 is 17.5 Å². The smallest absolute Gasteiger partial charge is 0.255 e. The van der Waals surface area contributed by atoms with Gasteiger partial charge in [0.15, 0.2) is 0 Å². The number of aryl methyl sites for hydroxylation is 2. The van der Waals surface area contributed by atoms with Crippen LogP contribution in [0, 0.1) is 19.7 Å². The molecule has 0 unspecified atom stereocenters. The fourth-order valence-electron chi connectivity index (χ4n) is 4.36. The first-order chi connectivity index (χ1) is 17.4. The van der Waals surface area contributed by atoms with Gasteiger partial charge in [-0.15, -0.1) is 0 Å². The molecule has 1 aliphatic heterocycles. The summed E-state index contributed by atoms with van der Waals surface area (Å²) in [5.41, 5.74) is 5.42. The van der Waals surface area contributed by atoms with Gasteiger partial charge in [0.2, 0.25) is 5.95 Å². The van der Waals surface area contributed by atoms with Gasteiger partial charge in [0.05, 0.1) is 5.57 Å². The third-order valence-electron chi connectivity index (χ3n) is 6.22. The van der Waals surface area contributed by atoms with E-state index in [1.54, 1.807) is 22.9 Å². The number of fused-ring (bicyclic) bond motifs is 1. The van der Waals surface area contributed by atoms with Crippen LogP contribution in [0.3, 0.4) is 0 Å². The highest BCUT2D eigenvalue weighted by atomic mass is 19.1. The van der Waals surface area contributed by atoms with Crippen molar-refractivity contribution in [3.8, 4) is 5.75 Å². The van der Waals surface area contributed by atoms with Gasteiger partial charge in [0.1, 0.15) is 30.5 Å². The molecule has 2 N–H and O–H groups in total. The zero-order valence-corrected chi connectivity index (χ0v) is 20.2. The van der Waals surface area contributed by atoms with Gasteiger partial charge in [-0.05, 0) is 56.2 Å². The molecule has 5 rings (SSSR count). The highest BCUT2D eigenvalue weighted by Crippen LogP contribution is 2.36. The lowest BCUT2D eigenvalue weighted by Gasteiger charge is -2.29. The maximum atomic E-state index is 13.9. The molecule has 0 aliphatic carbocycles. The van der Waals surface area contributed by atoms with Crippen molar-refractivity contribution < 1.29 is 13.9 Å². The Labute approximate surface area is 208 Å². The summed E-state index contributed by atoms with van der Waals surface area (Å²) in [5, 5.41) is 10.6. The average molecular weight is 484 g/mol. The van der Waals surface area contributed by atoms with E-state index in [4.69, 9.17) is 4.74 Å². The molecule has 0 saturated carbocycles. The predicted octanol–water partition coefficient (Wildman–Crippen LogP) is 5.54. The number of aromatic nitrogens is 3. The first-order valence-corrected chi connectivity index (χ1v) is 11.6. The van der Waals surface area contributed by atoms with Gasteiger partial charge in [0.25, 0.3) is 5.91 Å². The molecule has 7 nitrogen and oxygen atoms in total. The fraction of sp³-hybridized carbons (Fsp3) is 0.179. The number of carbonyl (C=O) groups excluding carboxylic acids is 1. The van der Waals surface area contributed by atoms with E-state index in [0.29, 0.717) is 28.5 Å². The molecule has 0 bridgehead atoms. The van der Waals surface area contributed by atoms with Crippen molar-refractivity contribution in [3.05, 3.63) is 112 Å². The maximum Gasteiger partial charge on any atom is 0.255 e. The zero-order valence-electron chi connectivity index (χ0n) is 20.2. The molecule has 2 heterocycles. The Bertz CT molecular complexity index is 1460. The van der Waals surface area contributed by atoms with Crippen molar-refractivity contribution in [2.45, 2.75) is 33.4 Å². The Balaban J connectivity index is 1.42. The Morgan fingerprint density at radius 3 is 2.61 bits per heavy atom. The summed E-state index contributed by atoms with van der Waals surface area (Å²) in [5.74, 6) is 0.623. The molecule has 4 aromatic rings. The average Bonchev–Trinajstić information content (AvgIpc) is 3.33. The minimum absolute atomic E-state index is 0.120. The topological polar surface area (TPSA) is 81.1 Å². The van der Waals surface area contributed by atoms with Gasteiger partial charge >= 0.3 is 0 Å². The van der Waals surface area contributed by atoms with E-state index >= 15 is 0 Å². The number of nitrogens with zero attached hydrogens (tertiary/aromatic N) is 3. The number of hydrogen-bond donors (Lipinski definition) is 2. The normalized spacial score (nSPS) is 14.7. The largest absolute Gasteiger partial charge is 0.489 e. The summed E-state index contributed by atoms with van der Waals surface area (Å²) in [6, 6.07) is 19.3. The van der Waals surface area contributed by atoms with E-state index < -0.39 is 6.04 Å². The summed E-state index contributed by atoms with van der Waals surface area (Å²) in [6.45, 7) is 5.96. The summed E-state index contributed by atoms with van der Waals surface area (Å²) < 4.78 is 21.4. The Kier molecular flexibility index (Phi) is 6.25. The van der Waals surface area contributed by atoms with Gasteiger partial charge in [-0.2, -0.15) is 10.1 Å². The zero-order chi connectivity index (χ0) is 25.2. The Hall–Kier alpha value is -4.46. The monoisotopic (exact) mass is 483 g/mol. The second-order valence-electron chi connectivity index (χ2n) is 8.82. The number of carbonyl (C=O) groups is 1. The van der Waals surface area contributed by atoms with Gasteiger partial charge in [0, 0.05) is 16.9 Å². The molecule has 1 aromatic heterocycles. The third kappa shape index (κ3) is 4.57. The fourth-order valence-corrected chi connectivity index (χ4v) is 4.36. The molecule has 8 heteroatoms. The quantitative estimate of drug-likeness (QED) is 0.376. The Morgan fingerprint density at radius 2 is 1.86 bits per heavy atom. The minimum Gasteiger partial charge on any atom is -0.489 e. The molecule has 0 spiro atoms. The number of anilines is 2. The first kappa shape index (κ1) is 23.3. The van der Waals surface area contributed by atoms with Crippen molar-refractivity contribution in [2.24, 2.45) is 0 Å². The molecule has 0 radical (unpaired) electrons. The lowest BCUT2D eigenvalue weighted by atomic mass is 9.94. The van der Waals surface area contributed by atoms with Crippen LogP contribution in [0.15, 0.2) is 84.3 Å². The molecule has 1 atom stereocenters. The third-order valence-corrected chi connectivity index (χ3v) is 6.22. The number of hydrogen-bond acceptors (Lipinski definition) is 5. The van der Waals surface area contributed by atoms with Crippen molar-refractivity contribution in [2.75, 3.05) is 10.6 Å². The van der Waals surface area contributed by atoms with Crippen LogP contribution >= 0.6 is 0 Å². The first-order valence-electron chi connectivity index (χ1n) is 11.6. The van der Waals surface area contributed by atoms with Crippen LogP contribution in [0.2, 0.25) is 0 Å². The standard InChI is InChI=1S/C28H26FN5O2/c1-17-8-13-24(18(2)14-17)33-27(35)25-19(3)32-28-30-16-31-34(28)26(25)20-9-11-22(12-10-20)36-15-21-6-4-5-7-23(21)29/h4-14,16,26H,15H2,1-3H3,(H,33,35)(H,30,31,32)/t26-/m0/s1. The van der Waals surface area contributed by atoms with Crippen molar-refractivity contribution in [1.82, 2.24) is 14.8 Å². The molecule has 3 aromatic carbocycles. The summed E-state index contributed by atoms with van der Waals surface area (Å²) in [6.07, 6.45) is 1.46. The van der Waals surface area contributed by atoms with E-state index in [9.17, 15) is 9.18 Å². The predicted molar refractivity (Wildman–Crippen MR) is 136 cm³/mol.